The van der Waals surface area contributed by atoms with Crippen molar-refractivity contribution >= 4 is 34.7 Å². The number of ether oxygens (including phenoxy) is 1. The third kappa shape index (κ3) is 3.90. The van der Waals surface area contributed by atoms with E-state index in [1.807, 2.05) is 24.3 Å². The summed E-state index contributed by atoms with van der Waals surface area (Å²) in [5.74, 6) is -0.352. The SMILES string of the molecule is O=C(/C=C/c1cncs1)OCc1ccc(-c2ccsc2)cc1. The van der Waals surface area contributed by atoms with Crippen LogP contribution in [0.15, 0.2) is 58.9 Å². The van der Waals surface area contributed by atoms with E-state index in [4.69, 9.17) is 4.74 Å². The Bertz CT molecular complexity index is 745. The molecule has 0 saturated carbocycles. The molecular formula is C17H13NO2S2. The van der Waals surface area contributed by atoms with Crippen molar-refractivity contribution in [2.75, 3.05) is 0 Å². The maximum Gasteiger partial charge on any atom is 0.331 e. The number of nitrogens with zero attached hydrogens (tertiary/aromatic N) is 1. The van der Waals surface area contributed by atoms with Crippen molar-refractivity contribution in [2.45, 2.75) is 6.61 Å². The third-order valence-corrected chi connectivity index (χ3v) is 4.45. The molecule has 1 aromatic carbocycles. The summed E-state index contributed by atoms with van der Waals surface area (Å²) in [5.41, 5.74) is 5.07. The van der Waals surface area contributed by atoms with E-state index in [9.17, 15) is 4.79 Å². The number of aromatic nitrogens is 1. The second-order valence-electron chi connectivity index (χ2n) is 4.55. The summed E-state index contributed by atoms with van der Waals surface area (Å²) < 4.78 is 5.22. The first kappa shape index (κ1) is 14.7. The molecule has 0 bridgehead atoms. The highest BCUT2D eigenvalue weighted by Crippen LogP contribution is 2.22. The molecule has 22 heavy (non-hydrogen) atoms. The summed E-state index contributed by atoms with van der Waals surface area (Å²) in [6, 6.07) is 10.1. The van der Waals surface area contributed by atoms with Gasteiger partial charge in [-0.2, -0.15) is 11.3 Å². The first-order valence-electron chi connectivity index (χ1n) is 6.66. The van der Waals surface area contributed by atoms with Crippen LogP contribution in [0, 0.1) is 0 Å². The van der Waals surface area contributed by atoms with Crippen molar-refractivity contribution in [3.8, 4) is 11.1 Å². The van der Waals surface area contributed by atoms with Gasteiger partial charge in [-0.05, 0) is 39.6 Å². The van der Waals surface area contributed by atoms with E-state index >= 15 is 0 Å². The van der Waals surface area contributed by atoms with Crippen LogP contribution in [0.25, 0.3) is 17.2 Å². The maximum absolute atomic E-state index is 11.6. The maximum atomic E-state index is 11.6. The summed E-state index contributed by atoms with van der Waals surface area (Å²) >= 11 is 3.15. The van der Waals surface area contributed by atoms with Gasteiger partial charge in [0.15, 0.2) is 0 Å². The summed E-state index contributed by atoms with van der Waals surface area (Å²) in [6.07, 6.45) is 4.84. The van der Waals surface area contributed by atoms with Gasteiger partial charge < -0.3 is 4.74 Å². The van der Waals surface area contributed by atoms with Crippen LogP contribution in [0.1, 0.15) is 10.4 Å². The van der Waals surface area contributed by atoms with Crippen LogP contribution in [-0.2, 0) is 16.1 Å². The van der Waals surface area contributed by atoms with Crippen molar-refractivity contribution in [1.82, 2.24) is 4.98 Å². The van der Waals surface area contributed by atoms with E-state index in [0.29, 0.717) is 0 Å². The standard InChI is InChI=1S/C17H13NO2S2/c19-17(6-5-16-9-18-12-22-16)20-10-13-1-3-14(4-2-13)15-7-8-21-11-15/h1-9,11-12H,10H2/b6-5+. The molecule has 0 N–H and O–H groups in total. The van der Waals surface area contributed by atoms with Crippen molar-refractivity contribution in [3.63, 3.8) is 0 Å². The predicted molar refractivity (Wildman–Crippen MR) is 90.7 cm³/mol. The average Bonchev–Trinajstić information content (AvgIpc) is 3.24. The fourth-order valence-corrected chi connectivity index (χ4v) is 3.06. The average molecular weight is 327 g/mol. The van der Waals surface area contributed by atoms with Crippen LogP contribution < -0.4 is 0 Å². The molecule has 0 aliphatic heterocycles. The molecule has 5 heteroatoms. The highest BCUT2D eigenvalue weighted by atomic mass is 32.1. The molecule has 0 saturated heterocycles. The number of carbonyl (C=O) groups is 1. The van der Waals surface area contributed by atoms with Gasteiger partial charge in [-0.15, -0.1) is 11.3 Å². The molecule has 0 unspecified atom stereocenters. The molecule has 0 spiro atoms. The zero-order valence-electron chi connectivity index (χ0n) is 11.6. The lowest BCUT2D eigenvalue weighted by molar-refractivity contribution is -0.138. The monoisotopic (exact) mass is 327 g/mol. The van der Waals surface area contributed by atoms with Crippen LogP contribution in [0.5, 0.6) is 0 Å². The van der Waals surface area contributed by atoms with Gasteiger partial charge in [0, 0.05) is 17.2 Å². The van der Waals surface area contributed by atoms with Crippen LogP contribution in [-0.4, -0.2) is 11.0 Å². The molecule has 0 aliphatic rings. The van der Waals surface area contributed by atoms with E-state index in [1.54, 1.807) is 29.1 Å². The number of thiazole rings is 1. The highest BCUT2D eigenvalue weighted by molar-refractivity contribution is 7.10. The van der Waals surface area contributed by atoms with E-state index in [1.165, 1.54) is 28.5 Å². The predicted octanol–water partition coefficient (Wildman–Crippen LogP) is 4.63. The van der Waals surface area contributed by atoms with Gasteiger partial charge >= 0.3 is 5.97 Å². The highest BCUT2D eigenvalue weighted by Gasteiger charge is 2.01. The van der Waals surface area contributed by atoms with Crippen LogP contribution in [0.3, 0.4) is 0 Å². The van der Waals surface area contributed by atoms with Gasteiger partial charge in [0.2, 0.25) is 0 Å². The Labute approximate surface area is 136 Å². The fourth-order valence-electron chi connectivity index (χ4n) is 1.88. The Kier molecular flexibility index (Phi) is 4.78. The van der Waals surface area contributed by atoms with E-state index in [2.05, 4.69) is 21.8 Å². The minimum atomic E-state index is -0.352. The summed E-state index contributed by atoms with van der Waals surface area (Å²) in [7, 11) is 0. The van der Waals surface area contributed by atoms with E-state index in [0.717, 1.165) is 10.4 Å². The third-order valence-electron chi connectivity index (χ3n) is 3.02. The van der Waals surface area contributed by atoms with Gasteiger partial charge in [-0.1, -0.05) is 24.3 Å². The van der Waals surface area contributed by atoms with Crippen LogP contribution >= 0.6 is 22.7 Å². The second-order valence-corrected chi connectivity index (χ2v) is 6.25. The molecule has 2 aromatic heterocycles. The fraction of sp³-hybridized carbons (Fsp3) is 0.0588. The minimum absolute atomic E-state index is 0.274. The number of rotatable bonds is 5. The molecule has 0 amide bonds. The van der Waals surface area contributed by atoms with Crippen molar-refractivity contribution in [2.24, 2.45) is 0 Å². The Balaban J connectivity index is 1.54. The Hall–Kier alpha value is -2.24. The van der Waals surface area contributed by atoms with Gasteiger partial charge in [0.25, 0.3) is 0 Å². The number of esters is 1. The first-order chi connectivity index (χ1) is 10.8. The molecular weight excluding hydrogens is 314 g/mol. The molecule has 0 fully saturated rings. The minimum Gasteiger partial charge on any atom is -0.458 e. The zero-order chi connectivity index (χ0) is 15.2. The Morgan fingerprint density at radius 2 is 2.05 bits per heavy atom. The number of carbonyl (C=O) groups excluding carboxylic acids is 1. The van der Waals surface area contributed by atoms with Crippen LogP contribution in [0.4, 0.5) is 0 Å². The smallest absolute Gasteiger partial charge is 0.331 e. The second kappa shape index (κ2) is 7.15. The topological polar surface area (TPSA) is 39.2 Å². The summed E-state index contributed by atoms with van der Waals surface area (Å²) in [5, 5.41) is 4.17. The van der Waals surface area contributed by atoms with Crippen molar-refractivity contribution < 1.29 is 9.53 Å². The molecule has 0 radical (unpaired) electrons. The number of hydrogen-bond acceptors (Lipinski definition) is 5. The lowest BCUT2D eigenvalue weighted by atomic mass is 10.1. The quantitative estimate of drug-likeness (QED) is 0.507. The van der Waals surface area contributed by atoms with Gasteiger partial charge in [0.05, 0.1) is 5.51 Å². The van der Waals surface area contributed by atoms with Gasteiger partial charge in [0.1, 0.15) is 6.61 Å². The summed E-state index contributed by atoms with van der Waals surface area (Å²) in [6.45, 7) is 0.274. The number of hydrogen-bond donors (Lipinski definition) is 0. The van der Waals surface area contributed by atoms with Crippen molar-refractivity contribution in [1.29, 1.82) is 0 Å². The molecule has 3 nitrogen and oxygen atoms in total. The Morgan fingerprint density at radius 3 is 2.73 bits per heavy atom. The molecule has 2 heterocycles. The molecule has 0 atom stereocenters. The zero-order valence-corrected chi connectivity index (χ0v) is 13.3. The molecule has 3 aromatic rings. The molecule has 0 aliphatic carbocycles. The summed E-state index contributed by atoms with van der Waals surface area (Å²) in [4.78, 5) is 16.5. The van der Waals surface area contributed by atoms with E-state index in [-0.39, 0.29) is 12.6 Å². The normalized spacial score (nSPS) is 10.9. The largest absolute Gasteiger partial charge is 0.458 e. The molecule has 3 rings (SSSR count). The van der Waals surface area contributed by atoms with E-state index < -0.39 is 0 Å². The molecule has 110 valence electrons. The van der Waals surface area contributed by atoms with Gasteiger partial charge in [-0.25, -0.2) is 4.79 Å². The van der Waals surface area contributed by atoms with Crippen LogP contribution in [0.2, 0.25) is 0 Å². The number of thiophene rings is 1. The first-order valence-corrected chi connectivity index (χ1v) is 8.48. The number of benzene rings is 1. The lowest BCUT2D eigenvalue weighted by Gasteiger charge is -2.04. The van der Waals surface area contributed by atoms with Gasteiger partial charge in [-0.3, -0.25) is 4.98 Å². The van der Waals surface area contributed by atoms with Crippen molar-refractivity contribution in [3.05, 3.63) is 69.3 Å². The lowest BCUT2D eigenvalue weighted by Crippen LogP contribution is -2.00. The Morgan fingerprint density at radius 1 is 1.18 bits per heavy atom.